The van der Waals surface area contributed by atoms with Crippen molar-refractivity contribution in [2.75, 3.05) is 0 Å². The molecule has 4 nitrogen and oxygen atoms in total. The molecule has 2 aromatic heterocycles. The number of hydrogen-bond acceptors (Lipinski definition) is 3. The molecule has 4 heteroatoms. The first kappa shape index (κ1) is 12.6. The second kappa shape index (κ2) is 5.33. The molecule has 0 saturated carbocycles. The van der Waals surface area contributed by atoms with Crippen LogP contribution < -0.4 is 0 Å². The van der Waals surface area contributed by atoms with Gasteiger partial charge in [-0.05, 0) is 24.3 Å². The highest BCUT2D eigenvalue weighted by molar-refractivity contribution is 6.04. The van der Waals surface area contributed by atoms with Gasteiger partial charge in [0.25, 0.3) is 0 Å². The van der Waals surface area contributed by atoms with Gasteiger partial charge in [-0.1, -0.05) is 48.5 Å². The van der Waals surface area contributed by atoms with Crippen LogP contribution in [0.1, 0.15) is 0 Å². The summed E-state index contributed by atoms with van der Waals surface area (Å²) in [5.74, 6) is 0. The van der Waals surface area contributed by atoms with E-state index in [1.54, 1.807) is 0 Å². The monoisotopic (exact) mass is 287 g/mol. The quantitative estimate of drug-likeness (QED) is 0.455. The van der Waals surface area contributed by atoms with E-state index >= 15 is 0 Å². The van der Waals surface area contributed by atoms with Gasteiger partial charge < -0.3 is 4.42 Å². The Hall–Kier alpha value is -3.14. The Morgan fingerprint density at radius 1 is 0.591 bits per heavy atom. The molecule has 5 rings (SSSR count). The number of para-hydroxylation sites is 4. The molecule has 0 saturated heterocycles. The molecule has 0 bridgehead atoms. The Bertz CT molecular complexity index is 965. The van der Waals surface area contributed by atoms with Crippen LogP contribution >= 0.6 is 0 Å². The lowest BCUT2D eigenvalue weighted by Crippen LogP contribution is -1.63. The van der Waals surface area contributed by atoms with E-state index in [9.17, 15) is 0 Å². The smallest absolute Gasteiger partial charge is 0.135 e. The van der Waals surface area contributed by atoms with E-state index < -0.39 is 0 Å². The fourth-order valence-corrected chi connectivity index (χ4v) is 2.46. The van der Waals surface area contributed by atoms with Gasteiger partial charge in [-0.3, -0.25) is 0 Å². The SMILES string of the molecule is c1ccc2c(c1)oc1ccccc12.c1ccc2n[nH]nc2c1. The van der Waals surface area contributed by atoms with E-state index in [-0.39, 0.29) is 0 Å². The maximum Gasteiger partial charge on any atom is 0.135 e. The number of nitrogens with one attached hydrogen (secondary N) is 1. The van der Waals surface area contributed by atoms with Crippen LogP contribution in [0.3, 0.4) is 0 Å². The Balaban J connectivity index is 0.000000122. The average molecular weight is 287 g/mol. The minimum absolute atomic E-state index is 0.914. The molecule has 0 unspecified atom stereocenters. The number of H-pyrrole nitrogens is 1. The summed E-state index contributed by atoms with van der Waals surface area (Å²) in [5.41, 5.74) is 3.75. The lowest BCUT2D eigenvalue weighted by molar-refractivity contribution is 0.669. The summed E-state index contributed by atoms with van der Waals surface area (Å²) in [4.78, 5) is 0. The van der Waals surface area contributed by atoms with Crippen molar-refractivity contribution >= 4 is 33.0 Å². The van der Waals surface area contributed by atoms with Crippen molar-refractivity contribution in [3.63, 3.8) is 0 Å². The van der Waals surface area contributed by atoms with Crippen LogP contribution in [0.4, 0.5) is 0 Å². The molecular weight excluding hydrogens is 274 g/mol. The molecule has 0 aliphatic carbocycles. The lowest BCUT2D eigenvalue weighted by Gasteiger charge is -1.85. The molecule has 0 aliphatic heterocycles. The van der Waals surface area contributed by atoms with Gasteiger partial charge in [0, 0.05) is 10.8 Å². The zero-order valence-electron chi connectivity index (χ0n) is 11.7. The maximum atomic E-state index is 5.65. The van der Waals surface area contributed by atoms with Crippen molar-refractivity contribution in [3.8, 4) is 0 Å². The second-order valence-corrected chi connectivity index (χ2v) is 4.91. The molecule has 0 aliphatic rings. The predicted molar refractivity (Wildman–Crippen MR) is 87.6 cm³/mol. The zero-order chi connectivity index (χ0) is 14.8. The van der Waals surface area contributed by atoms with Crippen LogP contribution in [0.2, 0.25) is 0 Å². The standard InChI is InChI=1S/C12H8O.C6H5N3/c1-3-7-11-9(5-1)10-6-2-4-8-12(10)13-11;1-2-4-6-5(3-1)7-9-8-6/h1-8H;1-4H,(H,7,8,9). The largest absolute Gasteiger partial charge is 0.456 e. The highest BCUT2D eigenvalue weighted by Gasteiger charge is 2.03. The Kier molecular flexibility index (Phi) is 3.05. The Labute approximate surface area is 126 Å². The summed E-state index contributed by atoms with van der Waals surface area (Å²) in [7, 11) is 0. The van der Waals surface area contributed by atoms with Gasteiger partial charge in [0.2, 0.25) is 0 Å². The summed E-state index contributed by atoms with van der Waals surface area (Å²) in [6.07, 6.45) is 0. The summed E-state index contributed by atoms with van der Waals surface area (Å²) in [5, 5.41) is 12.7. The van der Waals surface area contributed by atoms with E-state index in [0.29, 0.717) is 0 Å². The normalized spacial score (nSPS) is 10.7. The molecule has 0 amide bonds. The van der Waals surface area contributed by atoms with E-state index in [2.05, 4.69) is 27.5 Å². The van der Waals surface area contributed by atoms with Crippen molar-refractivity contribution in [2.24, 2.45) is 0 Å². The highest BCUT2D eigenvalue weighted by atomic mass is 16.3. The maximum absolute atomic E-state index is 5.65. The minimum atomic E-state index is 0.914. The first-order valence-electron chi connectivity index (χ1n) is 7.03. The third kappa shape index (κ3) is 2.20. The van der Waals surface area contributed by atoms with Crippen LogP contribution in [0.15, 0.2) is 77.2 Å². The van der Waals surface area contributed by atoms with Crippen LogP contribution in [0, 0.1) is 0 Å². The van der Waals surface area contributed by atoms with Gasteiger partial charge in [0.05, 0.1) is 0 Å². The first-order valence-corrected chi connectivity index (χ1v) is 7.03. The summed E-state index contributed by atoms with van der Waals surface area (Å²) >= 11 is 0. The number of rotatable bonds is 0. The van der Waals surface area contributed by atoms with Gasteiger partial charge >= 0.3 is 0 Å². The molecule has 106 valence electrons. The molecule has 2 heterocycles. The highest BCUT2D eigenvalue weighted by Crippen LogP contribution is 2.27. The van der Waals surface area contributed by atoms with Gasteiger partial charge in [0.15, 0.2) is 0 Å². The molecule has 3 aromatic carbocycles. The second-order valence-electron chi connectivity index (χ2n) is 4.91. The lowest BCUT2D eigenvalue weighted by atomic mass is 10.2. The topological polar surface area (TPSA) is 54.7 Å². The molecule has 0 fully saturated rings. The van der Waals surface area contributed by atoms with Gasteiger partial charge in [-0.25, -0.2) is 0 Å². The number of nitrogens with zero attached hydrogens (tertiary/aromatic N) is 2. The number of aromatic amines is 1. The Morgan fingerprint density at radius 2 is 1.05 bits per heavy atom. The van der Waals surface area contributed by atoms with Crippen LogP contribution in [0.5, 0.6) is 0 Å². The molecular formula is C18H13N3O. The number of hydrogen-bond donors (Lipinski definition) is 1. The zero-order valence-corrected chi connectivity index (χ0v) is 11.7. The molecule has 0 spiro atoms. The molecule has 5 aromatic rings. The number of benzene rings is 3. The molecule has 1 N–H and O–H groups in total. The third-order valence-corrected chi connectivity index (χ3v) is 3.51. The number of furan rings is 1. The molecule has 0 atom stereocenters. The van der Waals surface area contributed by atoms with Crippen molar-refractivity contribution in [1.29, 1.82) is 0 Å². The third-order valence-electron chi connectivity index (χ3n) is 3.51. The van der Waals surface area contributed by atoms with E-state index in [4.69, 9.17) is 4.42 Å². The Morgan fingerprint density at radius 3 is 1.59 bits per heavy atom. The van der Waals surface area contributed by atoms with Gasteiger partial charge in [0.1, 0.15) is 22.2 Å². The van der Waals surface area contributed by atoms with Crippen molar-refractivity contribution in [1.82, 2.24) is 15.4 Å². The first-order chi connectivity index (χ1) is 10.9. The van der Waals surface area contributed by atoms with Crippen molar-refractivity contribution < 1.29 is 4.42 Å². The summed E-state index contributed by atoms with van der Waals surface area (Å²) in [6, 6.07) is 23.9. The molecule has 22 heavy (non-hydrogen) atoms. The predicted octanol–water partition coefficient (Wildman–Crippen LogP) is 4.54. The van der Waals surface area contributed by atoms with Crippen LogP contribution in [-0.2, 0) is 0 Å². The van der Waals surface area contributed by atoms with Gasteiger partial charge in [-0.2, -0.15) is 15.4 Å². The molecule has 0 radical (unpaired) electrons. The number of fused-ring (bicyclic) bond motifs is 4. The van der Waals surface area contributed by atoms with Gasteiger partial charge in [-0.15, -0.1) is 0 Å². The van der Waals surface area contributed by atoms with E-state index in [1.165, 1.54) is 10.8 Å². The fraction of sp³-hybridized carbons (Fsp3) is 0. The average Bonchev–Trinajstić information content (AvgIpc) is 3.19. The van der Waals surface area contributed by atoms with Crippen molar-refractivity contribution in [2.45, 2.75) is 0 Å². The summed E-state index contributed by atoms with van der Waals surface area (Å²) in [6.45, 7) is 0. The van der Waals surface area contributed by atoms with E-state index in [1.807, 2.05) is 60.7 Å². The summed E-state index contributed by atoms with van der Waals surface area (Å²) < 4.78 is 5.65. The fourth-order valence-electron chi connectivity index (χ4n) is 2.46. The van der Waals surface area contributed by atoms with Crippen LogP contribution in [-0.4, -0.2) is 15.4 Å². The van der Waals surface area contributed by atoms with Crippen molar-refractivity contribution in [3.05, 3.63) is 72.8 Å². The van der Waals surface area contributed by atoms with Crippen LogP contribution in [0.25, 0.3) is 33.0 Å². The number of aromatic nitrogens is 3. The minimum Gasteiger partial charge on any atom is -0.456 e. The van der Waals surface area contributed by atoms with E-state index in [0.717, 1.165) is 22.2 Å².